The van der Waals surface area contributed by atoms with E-state index in [1.165, 1.54) is 56.7 Å². The van der Waals surface area contributed by atoms with E-state index < -0.39 is 66.1 Å². The van der Waals surface area contributed by atoms with Gasteiger partial charge in [-0.2, -0.15) is 40.5 Å². The molecule has 6 aromatic heterocycles. The number of aryl methyl sites for hydroxylation is 3. The van der Waals surface area contributed by atoms with E-state index in [-0.39, 0.29) is 66.1 Å². The lowest BCUT2D eigenvalue weighted by atomic mass is 9.93. The van der Waals surface area contributed by atoms with Gasteiger partial charge in [-0.15, -0.1) is 0 Å². The molecule has 36 heteroatoms. The Hall–Kier alpha value is -8.97. The number of hydrogen-bond donors (Lipinski definition) is 3. The number of rotatable bonds is 15. The molecule has 3 N–H and O–H groups in total. The fourth-order valence-corrected chi connectivity index (χ4v) is 21.5. The van der Waals surface area contributed by atoms with Gasteiger partial charge in [0.1, 0.15) is 53.2 Å². The molecule has 6 amide bonds. The molecule has 33 nitrogen and oxygen atoms in total. The molecule has 120 heavy (non-hydrogen) atoms. The number of pyridine rings is 3. The van der Waals surface area contributed by atoms with Crippen molar-refractivity contribution in [1.82, 2.24) is 58.5 Å². The predicted molar refractivity (Wildman–Crippen MR) is 446 cm³/mol. The minimum atomic E-state index is -4.18. The van der Waals surface area contributed by atoms with E-state index in [1.54, 1.807) is 83.7 Å². The molecule has 6 saturated heterocycles. The molecule has 3 saturated carbocycles. The monoisotopic (exact) mass is 1710 g/mol. The summed E-state index contributed by atoms with van der Waals surface area (Å²) in [4.78, 5) is 106. The molecule has 12 aliphatic rings. The first kappa shape index (κ1) is 84.6. The lowest BCUT2D eigenvalue weighted by molar-refractivity contribution is -0.128. The Kier molecular flexibility index (Phi) is 22.8. The molecule has 0 radical (unpaired) electrons. The van der Waals surface area contributed by atoms with Crippen molar-refractivity contribution in [3.05, 3.63) is 89.9 Å². The number of nitrogens with one attached hydrogen (secondary N) is 3. The van der Waals surface area contributed by atoms with Gasteiger partial charge in [0.2, 0.25) is 0 Å². The van der Waals surface area contributed by atoms with Crippen LogP contribution in [-0.2, 0) is 78.3 Å². The smallest absolute Gasteiger partial charge is 0.283 e. The highest BCUT2D eigenvalue weighted by molar-refractivity contribution is 7.90. The molecule has 15 heterocycles. The Labute approximate surface area is 702 Å². The first-order valence-corrected chi connectivity index (χ1v) is 47.2. The van der Waals surface area contributed by atoms with Crippen molar-refractivity contribution in [2.24, 2.45) is 34.0 Å². The quantitative estimate of drug-likeness (QED) is 0.0861. The van der Waals surface area contributed by atoms with Crippen LogP contribution in [0.15, 0.2) is 88.3 Å². The lowest BCUT2D eigenvalue weighted by Gasteiger charge is -2.34. The number of ether oxygens (including phenoxy) is 3. The van der Waals surface area contributed by atoms with E-state index in [9.17, 15) is 54.0 Å². The summed E-state index contributed by atoms with van der Waals surface area (Å²) < 4.78 is 107. The molecule has 0 aromatic carbocycles. The minimum Gasteiger partial charge on any atom is -0.368 e. The van der Waals surface area contributed by atoms with Crippen LogP contribution in [0.25, 0.3) is 0 Å². The van der Waals surface area contributed by atoms with Crippen molar-refractivity contribution >= 4 is 100 Å². The van der Waals surface area contributed by atoms with Gasteiger partial charge in [0.05, 0.1) is 16.7 Å². The van der Waals surface area contributed by atoms with Crippen LogP contribution in [0.1, 0.15) is 228 Å². The lowest BCUT2D eigenvalue weighted by Crippen LogP contribution is -2.41. The van der Waals surface area contributed by atoms with E-state index in [0.717, 1.165) is 77.0 Å². The zero-order valence-corrected chi connectivity index (χ0v) is 72.7. The van der Waals surface area contributed by atoms with Crippen molar-refractivity contribution in [2.45, 2.75) is 267 Å². The van der Waals surface area contributed by atoms with E-state index in [0.29, 0.717) is 167 Å². The molecule has 648 valence electrons. The molecule has 6 atom stereocenters. The van der Waals surface area contributed by atoms with Gasteiger partial charge in [0, 0.05) is 133 Å². The summed E-state index contributed by atoms with van der Waals surface area (Å²) in [6.07, 6.45) is 23.3. The normalized spacial score (nSPS) is 26.8. The number of anilines is 6. The van der Waals surface area contributed by atoms with Gasteiger partial charge in [0.15, 0.2) is 15.1 Å². The summed E-state index contributed by atoms with van der Waals surface area (Å²) in [5.41, 5.74) is 0.577. The van der Waals surface area contributed by atoms with Crippen molar-refractivity contribution in [3.63, 3.8) is 0 Å². The molecule has 18 rings (SSSR count). The number of sulfonamides is 3. The third kappa shape index (κ3) is 18.3. The van der Waals surface area contributed by atoms with Gasteiger partial charge in [0.25, 0.3) is 65.5 Å². The van der Waals surface area contributed by atoms with Crippen LogP contribution in [0.3, 0.4) is 0 Å². The predicted octanol–water partition coefficient (Wildman–Crippen LogP) is 9.32. The van der Waals surface area contributed by atoms with Crippen molar-refractivity contribution < 1.29 is 68.2 Å². The average Bonchev–Trinajstić information content (AvgIpc) is 1.53. The molecular weight excluding hydrogens is 1600 g/mol. The molecule has 9 fully saturated rings. The van der Waals surface area contributed by atoms with Gasteiger partial charge >= 0.3 is 0 Å². The zero-order chi connectivity index (χ0) is 84.9. The molecular formula is C84H114N18O15S3. The fourth-order valence-electron chi connectivity index (χ4n) is 18.8. The Morgan fingerprint density at radius 2 is 0.633 bits per heavy atom. The summed E-state index contributed by atoms with van der Waals surface area (Å²) in [5.74, 6) is 0.898. The topological polar surface area (TPSA) is 380 Å². The van der Waals surface area contributed by atoms with Crippen LogP contribution < -0.4 is 43.6 Å². The fraction of sp³-hybridized carbons (Fsp3) is 0.643. The standard InChI is InChI=1S/3C28H38N6O5S/c3*1-27(2)17-19-5-4-13-32-14-9-23(30-32)40(37,38)31-25(35)20-6-7-22(29-24(20)34(27)18-19)33-15-8-21(26(33)36)39-16-12-28(3)10-11-28/h3*6-7,9,14,19,21H,4-5,8,10-13,15-18H2,1-3H3,(H,31,35). The average molecular weight is 1710 g/mol. The molecule has 12 bridgehead atoms. The Balaban J connectivity index is 0.000000134. The Bertz CT molecular complexity index is 4810. The van der Waals surface area contributed by atoms with Gasteiger partial charge in [-0.25, -0.2) is 29.1 Å². The highest BCUT2D eigenvalue weighted by atomic mass is 32.2. The van der Waals surface area contributed by atoms with Gasteiger partial charge < -0.3 is 28.9 Å². The SMILES string of the molecule is CC1(CCOC2CCN(c3ccc4c(n3)N3CC(CCCn5ccc(n5)S(=O)(=O)NC4=O)CC3(C)C)C2=O)CC1.CC1(CCOC2CCN(c3ccc4c(n3)N3CC(CCCn5ccc(n5)S(=O)(=O)NC4=O)CC3(C)C)C2=O)CC1.CC1(CCOC2CCN(c3ccc4c(n3)N3CC(CCCn5ccc(n5)S(=O)(=O)NC4=O)CC3(C)C)C2=O)CC1. The summed E-state index contributed by atoms with van der Waals surface area (Å²) >= 11 is 0. The van der Waals surface area contributed by atoms with Gasteiger partial charge in [-0.3, -0.25) is 57.5 Å². The minimum absolute atomic E-state index is 0.129. The summed E-state index contributed by atoms with van der Waals surface area (Å²) in [5, 5.41) is 12.0. The number of hydrogen-bond acceptors (Lipinski definition) is 24. The third-order valence-electron chi connectivity index (χ3n) is 27.0. The summed E-state index contributed by atoms with van der Waals surface area (Å²) in [6.45, 7) is 26.4. The maximum Gasteiger partial charge on any atom is 0.283 e. The summed E-state index contributed by atoms with van der Waals surface area (Å²) in [6, 6.07) is 13.8. The highest BCUT2D eigenvalue weighted by Crippen LogP contribution is 2.51. The maximum atomic E-state index is 13.5. The molecule has 0 spiro atoms. The van der Waals surface area contributed by atoms with Crippen LogP contribution in [-0.4, -0.2) is 199 Å². The number of aromatic nitrogens is 9. The third-order valence-corrected chi connectivity index (χ3v) is 30.7. The number of nitrogens with zero attached hydrogens (tertiary/aromatic N) is 15. The first-order chi connectivity index (χ1) is 56.8. The van der Waals surface area contributed by atoms with Gasteiger partial charge in [-0.05, 0) is 246 Å². The van der Waals surface area contributed by atoms with E-state index in [4.69, 9.17) is 29.2 Å². The van der Waals surface area contributed by atoms with Crippen LogP contribution in [0, 0.1) is 34.0 Å². The zero-order valence-electron chi connectivity index (χ0n) is 70.3. The van der Waals surface area contributed by atoms with Gasteiger partial charge in [-0.1, -0.05) is 20.8 Å². The van der Waals surface area contributed by atoms with Crippen LogP contribution in [0.5, 0.6) is 0 Å². The number of carbonyl (C=O) groups is 6. The summed E-state index contributed by atoms with van der Waals surface area (Å²) in [7, 11) is -12.5. The van der Waals surface area contributed by atoms with Crippen molar-refractivity contribution in [1.29, 1.82) is 0 Å². The molecule has 6 unspecified atom stereocenters. The number of fused-ring (bicyclic) bond motifs is 18. The van der Waals surface area contributed by atoms with Crippen LogP contribution >= 0.6 is 0 Å². The van der Waals surface area contributed by atoms with Crippen LogP contribution in [0.4, 0.5) is 34.9 Å². The molecule has 9 aliphatic heterocycles. The van der Waals surface area contributed by atoms with E-state index in [2.05, 4.69) is 106 Å². The second kappa shape index (κ2) is 32.4. The van der Waals surface area contributed by atoms with E-state index in [1.807, 2.05) is 0 Å². The molecule has 3 aliphatic carbocycles. The van der Waals surface area contributed by atoms with Crippen molar-refractivity contribution in [2.75, 3.05) is 88.5 Å². The van der Waals surface area contributed by atoms with E-state index >= 15 is 0 Å². The number of amides is 6. The second-order valence-corrected chi connectivity index (χ2v) is 43.1. The first-order valence-electron chi connectivity index (χ1n) is 42.8. The largest absolute Gasteiger partial charge is 0.368 e. The second-order valence-electron chi connectivity index (χ2n) is 38.2. The van der Waals surface area contributed by atoms with Crippen molar-refractivity contribution in [3.8, 4) is 0 Å². The highest BCUT2D eigenvalue weighted by Gasteiger charge is 2.48. The Morgan fingerprint density at radius 3 is 0.892 bits per heavy atom. The molecule has 6 aromatic rings. The van der Waals surface area contributed by atoms with Crippen LogP contribution in [0.2, 0.25) is 0 Å². The maximum absolute atomic E-state index is 13.5. The number of carbonyl (C=O) groups excluding carboxylic acids is 6. The Morgan fingerprint density at radius 1 is 0.367 bits per heavy atom.